The number of fused-ring (bicyclic) bond motifs is 1. The Kier molecular flexibility index (Phi) is 3.60. The average Bonchev–Trinajstić information content (AvgIpc) is 2.65. The molecule has 0 aromatic heterocycles. The fraction of sp³-hybridized carbons (Fsp3) is 0.533. The highest BCUT2D eigenvalue weighted by atomic mass is 16.4. The number of anilines is 1. The molecule has 1 N–H and O–H groups in total. The van der Waals surface area contributed by atoms with Crippen LogP contribution in [-0.4, -0.2) is 24.2 Å². The Bertz CT molecular complexity index is 456. The predicted molar refractivity (Wildman–Crippen MR) is 73.2 cm³/mol. The average molecular weight is 247 g/mol. The van der Waals surface area contributed by atoms with Crippen LogP contribution in [0.4, 0.5) is 5.69 Å². The van der Waals surface area contributed by atoms with Crippen molar-refractivity contribution < 1.29 is 9.90 Å². The minimum absolute atomic E-state index is 0.322. The van der Waals surface area contributed by atoms with Gasteiger partial charge in [-0.15, -0.1) is 0 Å². The molecule has 0 fully saturated rings. The lowest BCUT2D eigenvalue weighted by Gasteiger charge is -2.17. The summed E-state index contributed by atoms with van der Waals surface area (Å²) in [6.07, 6.45) is 0.606. The fourth-order valence-corrected chi connectivity index (χ4v) is 2.67. The number of hydrogen-bond acceptors (Lipinski definition) is 2. The van der Waals surface area contributed by atoms with E-state index in [1.807, 2.05) is 0 Å². The lowest BCUT2D eigenvalue weighted by atomic mass is 9.97. The van der Waals surface area contributed by atoms with Gasteiger partial charge in [-0.05, 0) is 30.5 Å². The lowest BCUT2D eigenvalue weighted by molar-refractivity contribution is -0.141. The van der Waals surface area contributed by atoms with Crippen molar-refractivity contribution in [2.45, 2.75) is 33.1 Å². The van der Waals surface area contributed by atoms with E-state index in [-0.39, 0.29) is 5.92 Å². The number of nitrogens with zero attached hydrogens (tertiary/aromatic N) is 1. The molecule has 1 aromatic carbocycles. The zero-order valence-electron chi connectivity index (χ0n) is 11.3. The summed E-state index contributed by atoms with van der Waals surface area (Å²) in [4.78, 5) is 13.3. The van der Waals surface area contributed by atoms with Gasteiger partial charge in [0.15, 0.2) is 0 Å². The van der Waals surface area contributed by atoms with E-state index >= 15 is 0 Å². The SMILES string of the molecule is CCN1CC(C)c2ccc(CC(C)C(=O)O)cc21. The normalized spacial score (nSPS) is 19.7. The van der Waals surface area contributed by atoms with E-state index in [1.165, 1.54) is 11.3 Å². The summed E-state index contributed by atoms with van der Waals surface area (Å²) in [6.45, 7) is 8.25. The molecule has 0 amide bonds. The van der Waals surface area contributed by atoms with E-state index < -0.39 is 5.97 Å². The summed E-state index contributed by atoms with van der Waals surface area (Å²) < 4.78 is 0. The Morgan fingerprint density at radius 3 is 2.89 bits per heavy atom. The van der Waals surface area contributed by atoms with Crippen LogP contribution in [0.15, 0.2) is 18.2 Å². The predicted octanol–water partition coefficient (Wildman–Crippen LogP) is 2.89. The van der Waals surface area contributed by atoms with Gasteiger partial charge in [0.25, 0.3) is 0 Å². The number of hydrogen-bond donors (Lipinski definition) is 1. The van der Waals surface area contributed by atoms with Gasteiger partial charge in [-0.2, -0.15) is 0 Å². The molecule has 1 aromatic rings. The molecule has 0 spiro atoms. The summed E-state index contributed by atoms with van der Waals surface area (Å²) in [5, 5.41) is 8.97. The third-order valence-electron chi connectivity index (χ3n) is 3.81. The molecule has 0 radical (unpaired) electrons. The minimum atomic E-state index is -0.726. The Hall–Kier alpha value is -1.51. The van der Waals surface area contributed by atoms with E-state index in [0.29, 0.717) is 12.3 Å². The molecular weight excluding hydrogens is 226 g/mol. The fourth-order valence-electron chi connectivity index (χ4n) is 2.67. The molecule has 3 nitrogen and oxygen atoms in total. The molecule has 98 valence electrons. The first-order valence-corrected chi connectivity index (χ1v) is 6.63. The molecule has 0 saturated heterocycles. The minimum Gasteiger partial charge on any atom is -0.481 e. The van der Waals surface area contributed by atoms with Gasteiger partial charge in [0.05, 0.1) is 5.92 Å². The molecule has 3 heteroatoms. The first-order chi connectivity index (χ1) is 8.52. The van der Waals surface area contributed by atoms with Crippen molar-refractivity contribution in [3.63, 3.8) is 0 Å². The van der Waals surface area contributed by atoms with E-state index in [4.69, 9.17) is 5.11 Å². The maximum absolute atomic E-state index is 10.9. The number of benzene rings is 1. The first-order valence-electron chi connectivity index (χ1n) is 6.63. The van der Waals surface area contributed by atoms with Crippen molar-refractivity contribution >= 4 is 11.7 Å². The van der Waals surface area contributed by atoms with Crippen LogP contribution in [0.2, 0.25) is 0 Å². The Balaban J connectivity index is 2.24. The largest absolute Gasteiger partial charge is 0.481 e. The number of rotatable bonds is 4. The smallest absolute Gasteiger partial charge is 0.306 e. The molecule has 2 atom stereocenters. The molecule has 0 aliphatic carbocycles. The molecule has 18 heavy (non-hydrogen) atoms. The zero-order valence-corrected chi connectivity index (χ0v) is 11.3. The third kappa shape index (κ3) is 2.35. The number of aliphatic carboxylic acids is 1. The van der Waals surface area contributed by atoms with Crippen molar-refractivity contribution in [1.82, 2.24) is 0 Å². The summed E-state index contributed by atoms with van der Waals surface area (Å²) in [5.41, 5.74) is 3.81. The van der Waals surface area contributed by atoms with Gasteiger partial charge in [0, 0.05) is 24.7 Å². The molecule has 0 saturated carbocycles. The van der Waals surface area contributed by atoms with Gasteiger partial charge in [-0.3, -0.25) is 4.79 Å². The highest BCUT2D eigenvalue weighted by Crippen LogP contribution is 2.36. The number of carbonyl (C=O) groups is 1. The highest BCUT2D eigenvalue weighted by molar-refractivity contribution is 5.70. The van der Waals surface area contributed by atoms with Crippen LogP contribution < -0.4 is 4.90 Å². The van der Waals surface area contributed by atoms with Crippen LogP contribution in [0.5, 0.6) is 0 Å². The quantitative estimate of drug-likeness (QED) is 0.889. The Labute approximate surface area is 108 Å². The second kappa shape index (κ2) is 5.01. The maximum atomic E-state index is 10.9. The van der Waals surface area contributed by atoms with E-state index in [2.05, 4.69) is 36.9 Å². The summed E-state index contributed by atoms with van der Waals surface area (Å²) >= 11 is 0. The summed E-state index contributed by atoms with van der Waals surface area (Å²) in [6, 6.07) is 6.41. The highest BCUT2D eigenvalue weighted by Gasteiger charge is 2.24. The van der Waals surface area contributed by atoms with Gasteiger partial charge in [0.2, 0.25) is 0 Å². The van der Waals surface area contributed by atoms with Crippen LogP contribution in [-0.2, 0) is 11.2 Å². The standard InChI is InChI=1S/C15H21NO2/c1-4-16-9-11(3)13-6-5-12(8-14(13)16)7-10(2)15(17)18/h5-6,8,10-11H,4,7,9H2,1-3H3,(H,17,18). The molecule has 2 unspecified atom stereocenters. The van der Waals surface area contributed by atoms with Crippen molar-refractivity contribution in [3.05, 3.63) is 29.3 Å². The van der Waals surface area contributed by atoms with Gasteiger partial charge in [-0.25, -0.2) is 0 Å². The van der Waals surface area contributed by atoms with Gasteiger partial charge >= 0.3 is 5.97 Å². The van der Waals surface area contributed by atoms with Crippen molar-refractivity contribution in [3.8, 4) is 0 Å². The summed E-state index contributed by atoms with van der Waals surface area (Å²) in [5.74, 6) is -0.473. The van der Waals surface area contributed by atoms with Crippen LogP contribution >= 0.6 is 0 Å². The molecule has 1 aliphatic heterocycles. The third-order valence-corrected chi connectivity index (χ3v) is 3.81. The molecular formula is C15H21NO2. The molecule has 1 aliphatic rings. The van der Waals surface area contributed by atoms with Crippen LogP contribution in [0.3, 0.4) is 0 Å². The maximum Gasteiger partial charge on any atom is 0.306 e. The van der Waals surface area contributed by atoms with Crippen molar-refractivity contribution in [1.29, 1.82) is 0 Å². The molecule has 0 bridgehead atoms. The second-order valence-electron chi connectivity index (χ2n) is 5.28. The molecule has 1 heterocycles. The van der Waals surface area contributed by atoms with Crippen LogP contribution in [0.1, 0.15) is 37.8 Å². The van der Waals surface area contributed by atoms with E-state index in [1.54, 1.807) is 6.92 Å². The second-order valence-corrected chi connectivity index (χ2v) is 5.28. The van der Waals surface area contributed by atoms with Gasteiger partial charge in [0.1, 0.15) is 0 Å². The van der Waals surface area contributed by atoms with Crippen molar-refractivity contribution in [2.75, 3.05) is 18.0 Å². The van der Waals surface area contributed by atoms with Crippen LogP contribution in [0, 0.1) is 5.92 Å². The van der Waals surface area contributed by atoms with Gasteiger partial charge < -0.3 is 10.0 Å². The molecule has 2 rings (SSSR count). The summed E-state index contributed by atoms with van der Waals surface area (Å²) in [7, 11) is 0. The lowest BCUT2D eigenvalue weighted by Crippen LogP contribution is -2.20. The number of likely N-dealkylation sites (N-methyl/N-ethyl adjacent to an activating group) is 1. The topological polar surface area (TPSA) is 40.5 Å². The number of carboxylic acid groups (broad SMARTS) is 1. The van der Waals surface area contributed by atoms with Crippen LogP contribution in [0.25, 0.3) is 0 Å². The van der Waals surface area contributed by atoms with E-state index in [0.717, 1.165) is 18.7 Å². The zero-order chi connectivity index (χ0) is 13.3. The Morgan fingerprint density at radius 2 is 2.28 bits per heavy atom. The van der Waals surface area contributed by atoms with Crippen molar-refractivity contribution in [2.24, 2.45) is 5.92 Å². The first kappa shape index (κ1) is 12.9. The number of carboxylic acids is 1. The monoisotopic (exact) mass is 247 g/mol. The Morgan fingerprint density at radius 1 is 1.56 bits per heavy atom. The van der Waals surface area contributed by atoms with Gasteiger partial charge in [-0.1, -0.05) is 26.0 Å². The van der Waals surface area contributed by atoms with E-state index in [9.17, 15) is 4.79 Å².